The van der Waals surface area contributed by atoms with E-state index in [1.165, 1.54) is 0 Å². The smallest absolute Gasteiger partial charge is 0.215 e. The van der Waals surface area contributed by atoms with Crippen LogP contribution in [0.3, 0.4) is 0 Å². The molecule has 6 heteroatoms. The molecule has 2 heterocycles. The van der Waals surface area contributed by atoms with Gasteiger partial charge in [0, 0.05) is 18.7 Å². The van der Waals surface area contributed by atoms with E-state index in [0.717, 1.165) is 31.7 Å². The molecule has 2 aromatic rings. The van der Waals surface area contributed by atoms with E-state index in [4.69, 9.17) is 4.74 Å². The lowest BCUT2D eigenvalue weighted by Crippen LogP contribution is -2.43. The summed E-state index contributed by atoms with van der Waals surface area (Å²) in [7, 11) is 0. The maximum absolute atomic E-state index is 12.5. The first-order chi connectivity index (χ1) is 10.3. The Bertz CT molecular complexity index is 674. The number of nitrogens with zero attached hydrogens (tertiary/aromatic N) is 3. The molecule has 0 radical (unpaired) electrons. The summed E-state index contributed by atoms with van der Waals surface area (Å²) in [5, 5.41) is 11.2. The molecule has 108 valence electrons. The van der Waals surface area contributed by atoms with Gasteiger partial charge in [-0.25, -0.2) is 4.68 Å². The number of rotatable bonds is 5. The van der Waals surface area contributed by atoms with Crippen LogP contribution in [-0.4, -0.2) is 40.0 Å². The van der Waals surface area contributed by atoms with E-state index in [0.29, 0.717) is 23.4 Å². The highest BCUT2D eigenvalue weighted by atomic mass is 16.5. The number of ketones is 1. The molecule has 1 aromatic heterocycles. The van der Waals surface area contributed by atoms with Crippen LogP contribution in [0.5, 0.6) is 5.75 Å². The van der Waals surface area contributed by atoms with Crippen LogP contribution in [0.1, 0.15) is 34.9 Å². The summed E-state index contributed by atoms with van der Waals surface area (Å²) in [6.45, 7) is 1.75. The van der Waals surface area contributed by atoms with Crippen LogP contribution in [0.25, 0.3) is 0 Å². The lowest BCUT2D eigenvalue weighted by Gasteiger charge is -2.26. The zero-order valence-electron chi connectivity index (χ0n) is 11.5. The highest BCUT2D eigenvalue weighted by Crippen LogP contribution is 2.27. The second-order valence-corrected chi connectivity index (χ2v) is 5.57. The summed E-state index contributed by atoms with van der Waals surface area (Å²) >= 11 is 0. The fraction of sp³-hybridized carbons (Fsp3) is 0.400. The van der Waals surface area contributed by atoms with Crippen molar-refractivity contribution in [3.05, 3.63) is 41.7 Å². The van der Waals surface area contributed by atoms with Gasteiger partial charge in [-0.3, -0.25) is 4.79 Å². The average Bonchev–Trinajstić information content (AvgIpc) is 3.12. The van der Waals surface area contributed by atoms with E-state index in [9.17, 15) is 4.79 Å². The van der Waals surface area contributed by atoms with Gasteiger partial charge >= 0.3 is 0 Å². The van der Waals surface area contributed by atoms with Crippen molar-refractivity contribution in [3.8, 4) is 5.75 Å². The highest BCUT2D eigenvalue weighted by Gasteiger charge is 2.24. The van der Waals surface area contributed by atoms with E-state index in [-0.39, 0.29) is 5.78 Å². The molecule has 0 amide bonds. The number of hydrogen-bond donors (Lipinski definition) is 1. The molecule has 1 N–H and O–H groups in total. The fourth-order valence-electron chi connectivity index (χ4n) is 2.26. The van der Waals surface area contributed by atoms with Crippen LogP contribution < -0.4 is 10.1 Å². The molecule has 1 aromatic carbocycles. The standard InChI is InChI=1S/C15H16N4O2/c20-15(14-9-19(18-17-14)11-7-16-8-11)10-2-1-3-13(6-10)21-12-4-5-12/h1-3,6,9,11-12,16H,4-5,7-8H2. The largest absolute Gasteiger partial charge is 0.490 e. The van der Waals surface area contributed by atoms with Crippen molar-refractivity contribution in [2.45, 2.75) is 25.0 Å². The maximum atomic E-state index is 12.5. The molecule has 1 aliphatic heterocycles. The Hall–Kier alpha value is -2.21. The van der Waals surface area contributed by atoms with Gasteiger partial charge in [-0.2, -0.15) is 0 Å². The molecule has 4 rings (SSSR count). The van der Waals surface area contributed by atoms with Crippen molar-refractivity contribution in [1.29, 1.82) is 0 Å². The molecule has 1 saturated heterocycles. The molecular formula is C15H16N4O2. The quantitative estimate of drug-likeness (QED) is 0.835. The van der Waals surface area contributed by atoms with Gasteiger partial charge in [0.1, 0.15) is 5.75 Å². The first-order valence-electron chi connectivity index (χ1n) is 7.23. The number of benzene rings is 1. The van der Waals surface area contributed by atoms with Gasteiger partial charge in [0.25, 0.3) is 0 Å². The lowest BCUT2D eigenvalue weighted by molar-refractivity contribution is 0.103. The molecular weight excluding hydrogens is 268 g/mol. The van der Waals surface area contributed by atoms with Crippen LogP contribution in [0.2, 0.25) is 0 Å². The molecule has 1 saturated carbocycles. The summed E-state index contributed by atoms with van der Waals surface area (Å²) < 4.78 is 7.48. The molecule has 0 unspecified atom stereocenters. The monoisotopic (exact) mass is 284 g/mol. The summed E-state index contributed by atoms with van der Waals surface area (Å²) in [6.07, 6.45) is 4.24. The first kappa shape index (κ1) is 12.5. The number of carbonyl (C=O) groups is 1. The molecule has 1 aliphatic carbocycles. The van der Waals surface area contributed by atoms with Crippen molar-refractivity contribution >= 4 is 5.78 Å². The number of ether oxygens (including phenoxy) is 1. The highest BCUT2D eigenvalue weighted by molar-refractivity contribution is 6.07. The Balaban J connectivity index is 1.54. The second-order valence-electron chi connectivity index (χ2n) is 5.57. The molecule has 2 fully saturated rings. The van der Waals surface area contributed by atoms with Crippen LogP contribution in [0.15, 0.2) is 30.5 Å². The predicted octanol–water partition coefficient (Wildman–Crippen LogP) is 1.19. The van der Waals surface area contributed by atoms with Gasteiger partial charge < -0.3 is 10.1 Å². The van der Waals surface area contributed by atoms with E-state index >= 15 is 0 Å². The second kappa shape index (κ2) is 4.96. The van der Waals surface area contributed by atoms with Crippen LogP contribution in [-0.2, 0) is 0 Å². The van der Waals surface area contributed by atoms with E-state index < -0.39 is 0 Å². The van der Waals surface area contributed by atoms with Gasteiger partial charge in [-0.05, 0) is 25.0 Å². The molecule has 0 bridgehead atoms. The third kappa shape index (κ3) is 2.54. The number of aromatic nitrogens is 3. The number of hydrogen-bond acceptors (Lipinski definition) is 5. The Kier molecular flexibility index (Phi) is 2.96. The zero-order chi connectivity index (χ0) is 14.2. The Morgan fingerprint density at radius 3 is 2.90 bits per heavy atom. The molecule has 0 spiro atoms. The summed E-state index contributed by atoms with van der Waals surface area (Å²) in [6, 6.07) is 7.59. The fourth-order valence-corrected chi connectivity index (χ4v) is 2.26. The van der Waals surface area contributed by atoms with Crippen molar-refractivity contribution in [2.24, 2.45) is 0 Å². The van der Waals surface area contributed by atoms with Crippen molar-refractivity contribution < 1.29 is 9.53 Å². The lowest BCUT2D eigenvalue weighted by atomic mass is 10.1. The topological polar surface area (TPSA) is 69.0 Å². The third-order valence-electron chi connectivity index (χ3n) is 3.80. The van der Waals surface area contributed by atoms with E-state index in [1.807, 2.05) is 12.1 Å². The van der Waals surface area contributed by atoms with Gasteiger partial charge in [0.2, 0.25) is 5.78 Å². The molecule has 0 atom stereocenters. The normalized spacial score (nSPS) is 18.3. The van der Waals surface area contributed by atoms with E-state index in [1.54, 1.807) is 23.0 Å². The molecule has 21 heavy (non-hydrogen) atoms. The minimum Gasteiger partial charge on any atom is -0.490 e. The summed E-state index contributed by atoms with van der Waals surface area (Å²) in [4.78, 5) is 12.5. The Morgan fingerprint density at radius 2 is 2.19 bits per heavy atom. The minimum absolute atomic E-state index is 0.116. The first-order valence-corrected chi connectivity index (χ1v) is 7.23. The van der Waals surface area contributed by atoms with Gasteiger partial charge in [0.15, 0.2) is 5.69 Å². The third-order valence-corrected chi connectivity index (χ3v) is 3.80. The van der Waals surface area contributed by atoms with Gasteiger partial charge in [0.05, 0.1) is 18.3 Å². The predicted molar refractivity (Wildman–Crippen MR) is 75.5 cm³/mol. The van der Waals surface area contributed by atoms with Crippen molar-refractivity contribution in [3.63, 3.8) is 0 Å². The number of nitrogens with one attached hydrogen (secondary N) is 1. The minimum atomic E-state index is -0.116. The van der Waals surface area contributed by atoms with Gasteiger partial charge in [-0.1, -0.05) is 17.3 Å². The Morgan fingerprint density at radius 1 is 1.33 bits per heavy atom. The maximum Gasteiger partial charge on any atom is 0.215 e. The van der Waals surface area contributed by atoms with Gasteiger partial charge in [-0.15, -0.1) is 5.10 Å². The average molecular weight is 284 g/mol. The van der Waals surface area contributed by atoms with Crippen molar-refractivity contribution in [2.75, 3.05) is 13.1 Å². The van der Waals surface area contributed by atoms with Crippen LogP contribution in [0.4, 0.5) is 0 Å². The summed E-state index contributed by atoms with van der Waals surface area (Å²) in [5.74, 6) is 0.633. The number of carbonyl (C=O) groups excluding carboxylic acids is 1. The van der Waals surface area contributed by atoms with Crippen molar-refractivity contribution in [1.82, 2.24) is 20.3 Å². The van der Waals surface area contributed by atoms with Crippen LogP contribution in [0, 0.1) is 0 Å². The molecule has 2 aliphatic rings. The molecule has 6 nitrogen and oxygen atoms in total. The zero-order valence-corrected chi connectivity index (χ0v) is 11.5. The van der Waals surface area contributed by atoms with E-state index in [2.05, 4.69) is 15.6 Å². The summed E-state index contributed by atoms with van der Waals surface area (Å²) in [5.41, 5.74) is 0.970. The Labute approximate surface area is 122 Å². The van der Waals surface area contributed by atoms with Crippen LogP contribution >= 0.6 is 0 Å². The SMILES string of the molecule is O=C(c1cccc(OC2CC2)c1)c1cn(C2CNC2)nn1.